The number of thiol groups is 2. The molecule has 0 spiro atoms. The van der Waals surface area contributed by atoms with Gasteiger partial charge in [-0.05, 0) is 18.6 Å². The minimum Gasteiger partial charge on any atom is -0.392 e. The van der Waals surface area contributed by atoms with Crippen molar-refractivity contribution in [2.45, 2.75) is 76.7 Å². The number of rotatable bonds is 13. The highest BCUT2D eigenvalue weighted by molar-refractivity contribution is 7.80. The Morgan fingerprint density at radius 3 is 1.47 bits per heavy atom. The zero-order valence-electron chi connectivity index (χ0n) is 11.1. The van der Waals surface area contributed by atoms with Gasteiger partial charge in [-0.15, -0.1) is 0 Å². The molecule has 0 rings (SSSR count). The summed E-state index contributed by atoms with van der Waals surface area (Å²) in [6.07, 6.45) is 14.0. The van der Waals surface area contributed by atoms with Gasteiger partial charge in [0, 0.05) is 5.75 Å². The van der Waals surface area contributed by atoms with Gasteiger partial charge >= 0.3 is 0 Å². The van der Waals surface area contributed by atoms with Gasteiger partial charge in [-0.3, -0.25) is 0 Å². The standard InChI is InChI=1S/C14H30OS2/c15-14(13-17)11-9-7-5-3-1-2-4-6-8-10-12-16/h14-17H,1-13H2. The Morgan fingerprint density at radius 2 is 1.06 bits per heavy atom. The summed E-state index contributed by atoms with van der Waals surface area (Å²) >= 11 is 8.28. The third-order valence-electron chi connectivity index (χ3n) is 3.16. The van der Waals surface area contributed by atoms with Crippen LogP contribution in [0.15, 0.2) is 0 Å². The van der Waals surface area contributed by atoms with Gasteiger partial charge in [-0.25, -0.2) is 0 Å². The molecule has 1 nitrogen and oxygen atoms in total. The summed E-state index contributed by atoms with van der Waals surface area (Å²) in [5, 5.41) is 9.32. The Bertz CT molecular complexity index is 142. The second-order valence-electron chi connectivity index (χ2n) is 4.88. The molecule has 0 fully saturated rings. The molecule has 0 amide bonds. The SMILES string of the molecule is OC(CS)CCCCCCCCCCCCS. The van der Waals surface area contributed by atoms with Crippen molar-refractivity contribution in [1.29, 1.82) is 0 Å². The Labute approximate surface area is 119 Å². The van der Waals surface area contributed by atoms with Crippen LogP contribution in [0.2, 0.25) is 0 Å². The molecule has 0 saturated carbocycles. The molecule has 0 aliphatic heterocycles. The van der Waals surface area contributed by atoms with Gasteiger partial charge in [-0.1, -0.05) is 57.8 Å². The van der Waals surface area contributed by atoms with Crippen molar-refractivity contribution in [2.24, 2.45) is 0 Å². The van der Waals surface area contributed by atoms with E-state index in [0.29, 0.717) is 5.75 Å². The minimum absolute atomic E-state index is 0.190. The van der Waals surface area contributed by atoms with Crippen molar-refractivity contribution in [3.63, 3.8) is 0 Å². The van der Waals surface area contributed by atoms with Gasteiger partial charge in [0.15, 0.2) is 0 Å². The highest BCUT2D eigenvalue weighted by Gasteiger charge is 1.99. The van der Waals surface area contributed by atoms with Gasteiger partial charge < -0.3 is 5.11 Å². The van der Waals surface area contributed by atoms with Crippen molar-refractivity contribution < 1.29 is 5.11 Å². The highest BCUT2D eigenvalue weighted by atomic mass is 32.1. The first kappa shape index (κ1) is 17.7. The molecule has 0 aliphatic rings. The van der Waals surface area contributed by atoms with Crippen molar-refractivity contribution in [3.8, 4) is 0 Å². The summed E-state index contributed by atoms with van der Waals surface area (Å²) in [4.78, 5) is 0. The first-order chi connectivity index (χ1) is 8.31. The molecule has 17 heavy (non-hydrogen) atoms. The zero-order chi connectivity index (χ0) is 12.8. The molecule has 1 N–H and O–H groups in total. The van der Waals surface area contributed by atoms with E-state index in [1.807, 2.05) is 0 Å². The van der Waals surface area contributed by atoms with E-state index in [1.54, 1.807) is 0 Å². The van der Waals surface area contributed by atoms with E-state index in [4.69, 9.17) is 0 Å². The van der Waals surface area contributed by atoms with Gasteiger partial charge in [0.05, 0.1) is 6.10 Å². The average molecular weight is 279 g/mol. The molecule has 0 radical (unpaired) electrons. The molecule has 0 aromatic rings. The van der Waals surface area contributed by atoms with E-state index in [1.165, 1.54) is 57.8 Å². The van der Waals surface area contributed by atoms with Crippen LogP contribution < -0.4 is 0 Å². The molecule has 0 saturated heterocycles. The number of hydrogen-bond acceptors (Lipinski definition) is 3. The normalized spacial score (nSPS) is 12.9. The molecule has 104 valence electrons. The van der Waals surface area contributed by atoms with Crippen LogP contribution in [-0.4, -0.2) is 22.7 Å². The fraction of sp³-hybridized carbons (Fsp3) is 1.00. The molecule has 0 aliphatic carbocycles. The topological polar surface area (TPSA) is 20.2 Å². The molecule has 1 atom stereocenters. The van der Waals surface area contributed by atoms with Gasteiger partial charge in [0.1, 0.15) is 0 Å². The van der Waals surface area contributed by atoms with Crippen molar-refractivity contribution in [3.05, 3.63) is 0 Å². The summed E-state index contributed by atoms with van der Waals surface area (Å²) in [5.74, 6) is 1.64. The third-order valence-corrected chi connectivity index (χ3v) is 3.89. The smallest absolute Gasteiger partial charge is 0.0628 e. The maximum atomic E-state index is 9.32. The summed E-state index contributed by atoms with van der Waals surface area (Å²) < 4.78 is 0. The summed E-state index contributed by atoms with van der Waals surface area (Å²) in [7, 11) is 0. The lowest BCUT2D eigenvalue weighted by atomic mass is 10.1. The molecule has 0 aromatic carbocycles. The fourth-order valence-corrected chi connectivity index (χ4v) is 2.40. The van der Waals surface area contributed by atoms with Crippen LogP contribution in [0.4, 0.5) is 0 Å². The van der Waals surface area contributed by atoms with E-state index in [-0.39, 0.29) is 6.10 Å². The number of hydrogen-bond donors (Lipinski definition) is 3. The van der Waals surface area contributed by atoms with E-state index in [0.717, 1.165) is 18.6 Å². The maximum absolute atomic E-state index is 9.32. The lowest BCUT2D eigenvalue weighted by Crippen LogP contribution is -2.07. The Hall–Kier alpha value is 0.660. The Balaban J connectivity index is 2.94. The van der Waals surface area contributed by atoms with Gasteiger partial charge in [0.25, 0.3) is 0 Å². The van der Waals surface area contributed by atoms with Crippen LogP contribution in [0.5, 0.6) is 0 Å². The number of unbranched alkanes of at least 4 members (excludes halogenated alkanes) is 9. The van der Waals surface area contributed by atoms with E-state index < -0.39 is 0 Å². The lowest BCUT2D eigenvalue weighted by Gasteiger charge is -2.06. The predicted molar refractivity (Wildman–Crippen MR) is 84.5 cm³/mol. The van der Waals surface area contributed by atoms with E-state index >= 15 is 0 Å². The lowest BCUT2D eigenvalue weighted by molar-refractivity contribution is 0.185. The third kappa shape index (κ3) is 14.6. The van der Waals surface area contributed by atoms with Crippen molar-refractivity contribution >= 4 is 25.3 Å². The van der Waals surface area contributed by atoms with E-state index in [9.17, 15) is 5.11 Å². The van der Waals surface area contributed by atoms with Crippen LogP contribution in [0.3, 0.4) is 0 Å². The molecule has 1 unspecified atom stereocenters. The predicted octanol–water partition coefficient (Wildman–Crippen LogP) is 4.50. The maximum Gasteiger partial charge on any atom is 0.0628 e. The average Bonchev–Trinajstić information content (AvgIpc) is 2.35. The fourth-order valence-electron chi connectivity index (χ4n) is 2.00. The Morgan fingerprint density at radius 1 is 0.647 bits per heavy atom. The van der Waals surface area contributed by atoms with Gasteiger partial charge in [0.2, 0.25) is 0 Å². The monoisotopic (exact) mass is 278 g/mol. The Kier molecular flexibility index (Phi) is 15.3. The molecular formula is C14H30OS2. The second kappa shape index (κ2) is 14.7. The largest absolute Gasteiger partial charge is 0.392 e. The van der Waals surface area contributed by atoms with Crippen LogP contribution in [-0.2, 0) is 0 Å². The summed E-state index contributed by atoms with van der Waals surface area (Å²) in [5.41, 5.74) is 0. The highest BCUT2D eigenvalue weighted by Crippen LogP contribution is 2.12. The molecule has 0 bridgehead atoms. The van der Waals surface area contributed by atoms with Crippen LogP contribution >= 0.6 is 25.3 Å². The van der Waals surface area contributed by atoms with Crippen LogP contribution in [0.1, 0.15) is 70.6 Å². The van der Waals surface area contributed by atoms with Crippen LogP contribution in [0.25, 0.3) is 0 Å². The summed E-state index contributed by atoms with van der Waals surface area (Å²) in [6.45, 7) is 0. The quantitative estimate of drug-likeness (QED) is 0.335. The minimum atomic E-state index is -0.190. The first-order valence-electron chi connectivity index (χ1n) is 7.21. The first-order valence-corrected chi connectivity index (χ1v) is 8.47. The molecule has 3 heteroatoms. The number of aliphatic hydroxyl groups is 1. The van der Waals surface area contributed by atoms with Crippen LogP contribution in [0, 0.1) is 0 Å². The number of aliphatic hydroxyl groups excluding tert-OH is 1. The van der Waals surface area contributed by atoms with Crippen molar-refractivity contribution in [2.75, 3.05) is 11.5 Å². The van der Waals surface area contributed by atoms with Crippen molar-refractivity contribution in [1.82, 2.24) is 0 Å². The molecule has 0 aromatic heterocycles. The second-order valence-corrected chi connectivity index (χ2v) is 5.70. The zero-order valence-corrected chi connectivity index (χ0v) is 12.9. The molecule has 0 heterocycles. The molecular weight excluding hydrogens is 248 g/mol. The van der Waals surface area contributed by atoms with Gasteiger partial charge in [-0.2, -0.15) is 25.3 Å². The van der Waals surface area contributed by atoms with E-state index in [2.05, 4.69) is 25.3 Å². The summed E-state index contributed by atoms with van der Waals surface area (Å²) in [6, 6.07) is 0.